The molecule has 0 aliphatic carbocycles. The Balaban J connectivity index is 1.31. The van der Waals surface area contributed by atoms with Gasteiger partial charge in [-0.25, -0.2) is 0 Å². The maximum absolute atomic E-state index is 13.4. The van der Waals surface area contributed by atoms with E-state index < -0.39 is 0 Å². The van der Waals surface area contributed by atoms with Crippen molar-refractivity contribution in [2.24, 2.45) is 0 Å². The van der Waals surface area contributed by atoms with Crippen LogP contribution in [0.15, 0.2) is 133 Å². The van der Waals surface area contributed by atoms with E-state index in [1.165, 1.54) is 6.08 Å². The summed E-state index contributed by atoms with van der Waals surface area (Å²) < 4.78 is 0. The van der Waals surface area contributed by atoms with Crippen molar-refractivity contribution < 1.29 is 14.4 Å². The Hall–Kier alpha value is -5.55. The number of hydrogen-bond donors (Lipinski definition) is 2. The van der Waals surface area contributed by atoms with Crippen molar-refractivity contribution in [3.63, 3.8) is 0 Å². The molecule has 0 saturated heterocycles. The molecule has 2 amide bonds. The van der Waals surface area contributed by atoms with E-state index in [0.717, 1.165) is 27.8 Å². The Bertz CT molecular complexity index is 1720. The Morgan fingerprint density at radius 3 is 2.00 bits per heavy atom. The largest absolute Gasteiger partial charge is 0.325 e. The molecule has 0 saturated carbocycles. The fourth-order valence-electron chi connectivity index (χ4n) is 4.52. The second-order valence-electron chi connectivity index (χ2n) is 9.98. The molecule has 0 fully saturated rings. The second-order valence-corrected chi connectivity index (χ2v) is 9.98. The van der Waals surface area contributed by atoms with Crippen molar-refractivity contribution in [2.75, 3.05) is 10.6 Å². The minimum absolute atomic E-state index is 0.175. The van der Waals surface area contributed by atoms with Crippen molar-refractivity contribution in [2.45, 2.75) is 13.3 Å². The number of nitrogens with one attached hydrogen (secondary N) is 2. The van der Waals surface area contributed by atoms with E-state index in [1.807, 2.05) is 79.7 Å². The lowest BCUT2D eigenvalue weighted by Gasteiger charge is -2.13. The second kappa shape index (κ2) is 13.2. The van der Waals surface area contributed by atoms with E-state index in [2.05, 4.69) is 22.8 Å². The quantitative estimate of drug-likeness (QED) is 0.146. The lowest BCUT2D eigenvalue weighted by Crippen LogP contribution is -2.18. The molecule has 0 unspecified atom stereocenters. The van der Waals surface area contributed by atoms with Crippen LogP contribution in [-0.2, 0) is 16.0 Å². The first-order valence-corrected chi connectivity index (χ1v) is 13.7. The van der Waals surface area contributed by atoms with Gasteiger partial charge in [-0.05, 0) is 53.5 Å². The van der Waals surface area contributed by atoms with Crippen LogP contribution in [-0.4, -0.2) is 17.6 Å². The topological polar surface area (TPSA) is 75.3 Å². The molecule has 42 heavy (non-hydrogen) atoms. The molecule has 5 nitrogen and oxygen atoms in total. The third kappa shape index (κ3) is 7.34. The SMILES string of the molecule is Cc1ccc(CC(=O)Nc2ccc(NC(=O)/C=C/c3ccc(-c4ccccc4)cc3)cc2C(=O)c2ccccc2)cc1. The van der Waals surface area contributed by atoms with Gasteiger partial charge in [0, 0.05) is 22.9 Å². The highest BCUT2D eigenvalue weighted by Crippen LogP contribution is 2.25. The van der Waals surface area contributed by atoms with Crippen LogP contribution in [0, 0.1) is 6.92 Å². The first kappa shape index (κ1) is 28.0. The van der Waals surface area contributed by atoms with Crippen molar-refractivity contribution in [1.29, 1.82) is 0 Å². The molecule has 5 aromatic rings. The zero-order valence-electron chi connectivity index (χ0n) is 23.2. The average Bonchev–Trinajstić information content (AvgIpc) is 3.02. The first-order valence-electron chi connectivity index (χ1n) is 13.7. The van der Waals surface area contributed by atoms with Gasteiger partial charge in [0.15, 0.2) is 5.78 Å². The van der Waals surface area contributed by atoms with Gasteiger partial charge in [-0.3, -0.25) is 14.4 Å². The summed E-state index contributed by atoms with van der Waals surface area (Å²) in [4.78, 5) is 39.1. The summed E-state index contributed by atoms with van der Waals surface area (Å²) in [6, 6.07) is 39.5. The van der Waals surface area contributed by atoms with Crippen LogP contribution < -0.4 is 10.6 Å². The highest BCUT2D eigenvalue weighted by Gasteiger charge is 2.17. The van der Waals surface area contributed by atoms with Crippen LogP contribution in [0.1, 0.15) is 32.6 Å². The molecule has 0 heterocycles. The molecule has 206 valence electrons. The summed E-state index contributed by atoms with van der Waals surface area (Å²) in [5.74, 6) is -0.832. The zero-order chi connectivity index (χ0) is 29.3. The van der Waals surface area contributed by atoms with E-state index in [4.69, 9.17) is 0 Å². The van der Waals surface area contributed by atoms with E-state index in [0.29, 0.717) is 16.9 Å². The van der Waals surface area contributed by atoms with E-state index in [1.54, 1.807) is 48.5 Å². The summed E-state index contributed by atoms with van der Waals surface area (Å²) >= 11 is 0. The smallest absolute Gasteiger partial charge is 0.248 e. The molecule has 0 atom stereocenters. The fraction of sp³-hybridized carbons (Fsp3) is 0.0541. The highest BCUT2D eigenvalue weighted by atomic mass is 16.2. The van der Waals surface area contributed by atoms with Crippen LogP contribution in [0.25, 0.3) is 17.2 Å². The van der Waals surface area contributed by atoms with Crippen LogP contribution in [0.2, 0.25) is 0 Å². The number of amides is 2. The third-order valence-electron chi connectivity index (χ3n) is 6.77. The summed E-state index contributed by atoms with van der Waals surface area (Å²) in [5, 5.41) is 5.71. The van der Waals surface area contributed by atoms with Gasteiger partial charge < -0.3 is 10.6 Å². The molecule has 5 aromatic carbocycles. The van der Waals surface area contributed by atoms with Gasteiger partial charge in [0.25, 0.3) is 0 Å². The molecular weight excluding hydrogens is 520 g/mol. The standard InChI is InChI=1S/C37H30N2O3/c1-26-12-14-28(15-13-26)24-36(41)39-34-22-21-32(25-33(34)37(42)31-10-6-3-7-11-31)38-35(40)23-18-27-16-19-30(20-17-27)29-8-4-2-5-9-29/h2-23,25H,24H2,1H3,(H,38,40)(H,39,41)/b23-18+. The predicted octanol–water partition coefficient (Wildman–Crippen LogP) is 7.73. The molecule has 0 spiro atoms. The summed E-state index contributed by atoms with van der Waals surface area (Å²) in [6.07, 6.45) is 3.36. The monoisotopic (exact) mass is 550 g/mol. The van der Waals surface area contributed by atoms with Gasteiger partial charge in [0.1, 0.15) is 0 Å². The fourth-order valence-corrected chi connectivity index (χ4v) is 4.52. The van der Waals surface area contributed by atoms with Crippen LogP contribution >= 0.6 is 0 Å². The number of benzene rings is 5. The van der Waals surface area contributed by atoms with Crippen molar-refractivity contribution >= 4 is 35.0 Å². The number of carbonyl (C=O) groups is 3. The molecule has 0 radical (unpaired) electrons. The first-order chi connectivity index (χ1) is 20.4. The normalized spacial score (nSPS) is 10.8. The number of carbonyl (C=O) groups excluding carboxylic acids is 3. The summed E-state index contributed by atoms with van der Waals surface area (Å²) in [7, 11) is 0. The van der Waals surface area contributed by atoms with Gasteiger partial charge >= 0.3 is 0 Å². The Kier molecular flexibility index (Phi) is 8.80. The number of ketones is 1. The van der Waals surface area contributed by atoms with Crippen LogP contribution in [0.5, 0.6) is 0 Å². The van der Waals surface area contributed by atoms with Crippen molar-refractivity contribution in [3.05, 3.63) is 161 Å². The molecule has 0 aliphatic heterocycles. The molecule has 5 heteroatoms. The number of hydrogen-bond acceptors (Lipinski definition) is 3. The van der Waals surface area contributed by atoms with Crippen LogP contribution in [0.3, 0.4) is 0 Å². The molecule has 0 aliphatic rings. The lowest BCUT2D eigenvalue weighted by atomic mass is 10.0. The number of aryl methyl sites for hydroxylation is 1. The molecule has 0 aromatic heterocycles. The molecule has 0 bridgehead atoms. The Labute approximate surface area is 245 Å². The average molecular weight is 551 g/mol. The summed E-state index contributed by atoms with van der Waals surface area (Å²) in [6.45, 7) is 1.99. The van der Waals surface area contributed by atoms with Crippen LogP contribution in [0.4, 0.5) is 11.4 Å². The Morgan fingerprint density at radius 1 is 0.667 bits per heavy atom. The predicted molar refractivity (Wildman–Crippen MR) is 169 cm³/mol. The van der Waals surface area contributed by atoms with Gasteiger partial charge in [-0.2, -0.15) is 0 Å². The van der Waals surface area contributed by atoms with Gasteiger partial charge in [-0.1, -0.05) is 115 Å². The highest BCUT2D eigenvalue weighted by molar-refractivity contribution is 6.15. The van der Waals surface area contributed by atoms with Crippen molar-refractivity contribution in [3.8, 4) is 11.1 Å². The number of rotatable bonds is 9. The molecular formula is C37H30N2O3. The van der Waals surface area contributed by atoms with Gasteiger partial charge in [0.05, 0.1) is 12.1 Å². The van der Waals surface area contributed by atoms with E-state index in [9.17, 15) is 14.4 Å². The minimum Gasteiger partial charge on any atom is -0.325 e. The van der Waals surface area contributed by atoms with Crippen molar-refractivity contribution in [1.82, 2.24) is 0 Å². The molecule has 5 rings (SSSR count). The summed E-state index contributed by atoms with van der Waals surface area (Å²) in [5.41, 5.74) is 6.69. The lowest BCUT2D eigenvalue weighted by molar-refractivity contribution is -0.115. The Morgan fingerprint density at radius 2 is 1.31 bits per heavy atom. The third-order valence-corrected chi connectivity index (χ3v) is 6.77. The molecule has 2 N–H and O–H groups in total. The maximum atomic E-state index is 13.4. The van der Waals surface area contributed by atoms with Gasteiger partial charge in [-0.15, -0.1) is 0 Å². The minimum atomic E-state index is -0.337. The van der Waals surface area contributed by atoms with Gasteiger partial charge in [0.2, 0.25) is 11.8 Å². The van der Waals surface area contributed by atoms with E-state index in [-0.39, 0.29) is 29.6 Å². The maximum Gasteiger partial charge on any atom is 0.248 e. The van der Waals surface area contributed by atoms with E-state index >= 15 is 0 Å². The zero-order valence-corrected chi connectivity index (χ0v) is 23.2. The number of anilines is 2.